The van der Waals surface area contributed by atoms with E-state index >= 15 is 0 Å². The van der Waals surface area contributed by atoms with Gasteiger partial charge in [0.05, 0.1) is 0 Å². The van der Waals surface area contributed by atoms with Crippen LogP contribution in [0.25, 0.3) is 0 Å². The van der Waals surface area contributed by atoms with Gasteiger partial charge in [-0.15, -0.1) is 0 Å². The number of carbonyl (C=O) groups excluding carboxylic acids is 2. The van der Waals surface area contributed by atoms with Crippen molar-refractivity contribution in [2.45, 2.75) is 12.8 Å². The van der Waals surface area contributed by atoms with Gasteiger partial charge < -0.3 is 5.32 Å². The van der Waals surface area contributed by atoms with Gasteiger partial charge in [-0.25, -0.2) is 0 Å². The Morgan fingerprint density at radius 3 is 2.57 bits per heavy atom. The van der Waals surface area contributed by atoms with Crippen molar-refractivity contribution in [1.82, 2.24) is 5.32 Å². The number of halogens is 1. The highest BCUT2D eigenvalue weighted by atomic mass is 79.9. The average molecular weight is 372 g/mol. The zero-order valence-electron chi connectivity index (χ0n) is 12.7. The van der Waals surface area contributed by atoms with Crippen molar-refractivity contribution in [3.63, 3.8) is 0 Å². The molecule has 1 amide bonds. The highest BCUT2D eigenvalue weighted by Crippen LogP contribution is 2.25. The predicted octanol–water partition coefficient (Wildman–Crippen LogP) is 3.17. The molecule has 0 aromatic heterocycles. The lowest BCUT2D eigenvalue weighted by atomic mass is 9.84. The molecule has 3 nitrogen and oxygen atoms in total. The topological polar surface area (TPSA) is 46.2 Å². The van der Waals surface area contributed by atoms with Crippen LogP contribution in [0.1, 0.15) is 11.1 Å². The quantitative estimate of drug-likeness (QED) is 0.820. The Bertz CT molecular complexity index is 714. The summed E-state index contributed by atoms with van der Waals surface area (Å²) in [7, 11) is 0. The molecule has 2 unspecified atom stereocenters. The second kappa shape index (κ2) is 7.09. The third kappa shape index (κ3) is 3.88. The number of rotatable bonds is 5. The van der Waals surface area contributed by atoms with E-state index in [0.717, 1.165) is 22.0 Å². The first kappa shape index (κ1) is 15.9. The van der Waals surface area contributed by atoms with Crippen molar-refractivity contribution in [2.24, 2.45) is 11.8 Å². The predicted molar refractivity (Wildman–Crippen MR) is 93.0 cm³/mol. The molecule has 1 fully saturated rings. The van der Waals surface area contributed by atoms with E-state index < -0.39 is 5.92 Å². The van der Waals surface area contributed by atoms with Crippen molar-refractivity contribution in [1.29, 1.82) is 0 Å². The van der Waals surface area contributed by atoms with Crippen LogP contribution < -0.4 is 5.32 Å². The number of nitrogens with one attached hydrogen (secondary N) is 1. The lowest BCUT2D eigenvalue weighted by Crippen LogP contribution is -2.29. The molecule has 0 bridgehead atoms. The molecule has 118 valence electrons. The lowest BCUT2D eigenvalue weighted by molar-refractivity contribution is -0.132. The Balaban J connectivity index is 1.73. The minimum absolute atomic E-state index is 0.000897. The van der Waals surface area contributed by atoms with Gasteiger partial charge in [0.1, 0.15) is 11.7 Å². The van der Waals surface area contributed by atoms with Crippen LogP contribution in [0, 0.1) is 11.8 Å². The van der Waals surface area contributed by atoms with Crippen molar-refractivity contribution in [2.75, 3.05) is 6.54 Å². The second-order valence-electron chi connectivity index (χ2n) is 5.95. The van der Waals surface area contributed by atoms with Gasteiger partial charge in [0.25, 0.3) is 0 Å². The zero-order valence-corrected chi connectivity index (χ0v) is 14.3. The number of hydrogen-bond donors (Lipinski definition) is 1. The van der Waals surface area contributed by atoms with E-state index in [-0.39, 0.29) is 17.6 Å². The molecule has 1 saturated heterocycles. The monoisotopic (exact) mass is 371 g/mol. The molecule has 0 spiro atoms. The molecule has 3 rings (SSSR count). The summed E-state index contributed by atoms with van der Waals surface area (Å²) in [4.78, 5) is 24.8. The molecule has 1 heterocycles. The third-order valence-electron chi connectivity index (χ3n) is 4.25. The van der Waals surface area contributed by atoms with Crippen molar-refractivity contribution in [3.8, 4) is 0 Å². The molecule has 4 heteroatoms. The van der Waals surface area contributed by atoms with Crippen LogP contribution in [-0.4, -0.2) is 18.2 Å². The smallest absolute Gasteiger partial charge is 0.230 e. The lowest BCUT2D eigenvalue weighted by Gasteiger charge is -2.16. The van der Waals surface area contributed by atoms with E-state index in [1.807, 2.05) is 54.6 Å². The largest absolute Gasteiger partial charge is 0.355 e. The molecule has 0 saturated carbocycles. The summed E-state index contributed by atoms with van der Waals surface area (Å²) in [5.74, 6) is -0.649. The van der Waals surface area contributed by atoms with Crippen molar-refractivity contribution in [3.05, 3.63) is 70.2 Å². The van der Waals surface area contributed by atoms with Crippen LogP contribution in [0.3, 0.4) is 0 Å². The molecule has 0 aliphatic carbocycles. The maximum Gasteiger partial charge on any atom is 0.230 e. The van der Waals surface area contributed by atoms with Gasteiger partial charge in [-0.2, -0.15) is 0 Å². The van der Waals surface area contributed by atoms with Crippen LogP contribution >= 0.6 is 15.9 Å². The fourth-order valence-electron chi connectivity index (χ4n) is 3.15. The number of carbonyl (C=O) groups is 2. The first-order valence-corrected chi connectivity index (χ1v) is 8.51. The molecule has 0 radical (unpaired) electrons. The third-order valence-corrected chi connectivity index (χ3v) is 4.74. The SMILES string of the molecule is O=C(Cc1cccc(Br)c1)C1C(=O)NCC1Cc1ccccc1. The van der Waals surface area contributed by atoms with Gasteiger partial charge in [0, 0.05) is 17.4 Å². The summed E-state index contributed by atoms with van der Waals surface area (Å²) in [6.45, 7) is 0.572. The maximum absolute atomic E-state index is 12.7. The van der Waals surface area contributed by atoms with E-state index in [1.165, 1.54) is 0 Å². The van der Waals surface area contributed by atoms with E-state index in [1.54, 1.807) is 0 Å². The Labute approximate surface area is 144 Å². The number of amides is 1. The number of benzene rings is 2. The standard InChI is InChI=1S/C19H18BrNO2/c20-16-8-4-7-14(10-16)11-17(22)18-15(12-21-19(18)23)9-13-5-2-1-3-6-13/h1-8,10,15,18H,9,11-12H2,(H,21,23). The molecular weight excluding hydrogens is 354 g/mol. The Kier molecular flexibility index (Phi) is 4.91. The second-order valence-corrected chi connectivity index (χ2v) is 6.86. The van der Waals surface area contributed by atoms with Crippen LogP contribution in [0.4, 0.5) is 0 Å². The molecule has 1 aliphatic rings. The van der Waals surface area contributed by atoms with Gasteiger partial charge in [-0.05, 0) is 35.6 Å². The van der Waals surface area contributed by atoms with Crippen molar-refractivity contribution >= 4 is 27.6 Å². The van der Waals surface area contributed by atoms with Gasteiger partial charge in [0.15, 0.2) is 0 Å². The summed E-state index contributed by atoms with van der Waals surface area (Å²) in [5, 5.41) is 2.85. The van der Waals surface area contributed by atoms with Gasteiger partial charge >= 0.3 is 0 Å². The number of Topliss-reactive ketones (excluding diaryl/α,β-unsaturated/α-hetero) is 1. The minimum atomic E-state index is -0.547. The fraction of sp³-hybridized carbons (Fsp3) is 0.263. The van der Waals surface area contributed by atoms with Crippen LogP contribution in [-0.2, 0) is 22.4 Å². The molecular formula is C19H18BrNO2. The maximum atomic E-state index is 12.7. The van der Waals surface area contributed by atoms with Crippen LogP contribution in [0.15, 0.2) is 59.1 Å². The molecule has 1 aliphatic heterocycles. The summed E-state index contributed by atoms with van der Waals surface area (Å²) in [6.07, 6.45) is 1.04. The summed E-state index contributed by atoms with van der Waals surface area (Å²) in [6, 6.07) is 17.7. The minimum Gasteiger partial charge on any atom is -0.355 e. The number of ketones is 1. The normalized spacial score (nSPS) is 20.3. The summed E-state index contributed by atoms with van der Waals surface area (Å²) in [5.41, 5.74) is 2.09. The Morgan fingerprint density at radius 1 is 1.09 bits per heavy atom. The number of hydrogen-bond acceptors (Lipinski definition) is 2. The molecule has 2 aromatic rings. The van der Waals surface area contributed by atoms with E-state index in [2.05, 4.69) is 21.2 Å². The Morgan fingerprint density at radius 2 is 1.83 bits per heavy atom. The summed E-state index contributed by atoms with van der Waals surface area (Å²) < 4.78 is 0.944. The zero-order chi connectivity index (χ0) is 16.2. The van der Waals surface area contributed by atoms with Gasteiger partial charge in [0.2, 0.25) is 5.91 Å². The molecule has 2 atom stereocenters. The molecule has 1 N–H and O–H groups in total. The van der Waals surface area contributed by atoms with Gasteiger partial charge in [-0.1, -0.05) is 58.4 Å². The molecule has 23 heavy (non-hydrogen) atoms. The first-order valence-electron chi connectivity index (χ1n) is 7.72. The van der Waals surface area contributed by atoms with Gasteiger partial charge in [-0.3, -0.25) is 9.59 Å². The Hall–Kier alpha value is -1.94. The van der Waals surface area contributed by atoms with E-state index in [0.29, 0.717) is 13.0 Å². The first-order chi connectivity index (χ1) is 11.1. The fourth-order valence-corrected chi connectivity index (χ4v) is 3.59. The van der Waals surface area contributed by atoms with Crippen LogP contribution in [0.5, 0.6) is 0 Å². The highest BCUT2D eigenvalue weighted by Gasteiger charge is 2.39. The highest BCUT2D eigenvalue weighted by molar-refractivity contribution is 9.10. The van der Waals surface area contributed by atoms with E-state index in [9.17, 15) is 9.59 Å². The molecule has 2 aromatic carbocycles. The van der Waals surface area contributed by atoms with Crippen molar-refractivity contribution < 1.29 is 9.59 Å². The summed E-state index contributed by atoms with van der Waals surface area (Å²) >= 11 is 3.41. The van der Waals surface area contributed by atoms with Crippen LogP contribution in [0.2, 0.25) is 0 Å². The van der Waals surface area contributed by atoms with E-state index in [4.69, 9.17) is 0 Å². The average Bonchev–Trinajstić information content (AvgIpc) is 2.89.